The van der Waals surface area contributed by atoms with E-state index >= 15 is 0 Å². The Bertz CT molecular complexity index is 835. The Morgan fingerprint density at radius 1 is 1.44 bits per heavy atom. The largest absolute Gasteiger partial charge is 0.503 e. The number of carbonyl (C=O) groups excluding carboxylic acids is 2. The van der Waals surface area contributed by atoms with Crippen molar-refractivity contribution in [3.8, 4) is 5.75 Å². The topological polar surface area (TPSA) is 186 Å². The molecule has 5 N–H and O–H groups in total. The molecule has 1 aliphatic heterocycles. The smallest absolute Gasteiger partial charge is 0.435 e. The minimum atomic E-state index is -4.70. The summed E-state index contributed by atoms with van der Waals surface area (Å²) in [6, 6.07) is -1.36. The highest BCUT2D eigenvalue weighted by atomic mass is 31.2. The van der Waals surface area contributed by atoms with Gasteiger partial charge in [0.25, 0.3) is 5.91 Å². The number of pyridine rings is 1. The minimum absolute atomic E-state index is 0.267. The molecule has 1 fully saturated rings. The van der Waals surface area contributed by atoms with Crippen LogP contribution in [0.1, 0.15) is 17.4 Å². The molecule has 0 saturated carbocycles. The van der Waals surface area contributed by atoms with Crippen LogP contribution in [0.5, 0.6) is 5.75 Å². The lowest BCUT2D eigenvalue weighted by Gasteiger charge is -2.45. The van der Waals surface area contributed by atoms with Gasteiger partial charge in [0.15, 0.2) is 5.75 Å². The first kappa shape index (κ1) is 18.6. The Morgan fingerprint density at radius 3 is 2.60 bits per heavy atom. The Hall–Kier alpha value is -2.69. The molecular formula is C12H14N3O9P. The van der Waals surface area contributed by atoms with E-state index in [0.717, 1.165) is 12.3 Å². The lowest BCUT2D eigenvalue weighted by Crippen LogP contribution is -2.68. The number of carboxylic acid groups (broad SMARTS) is 1. The Morgan fingerprint density at radius 2 is 2.08 bits per heavy atom. The lowest BCUT2D eigenvalue weighted by molar-refractivity contribution is -0.142. The van der Waals surface area contributed by atoms with Gasteiger partial charge in [-0.05, 0) is 6.92 Å². The van der Waals surface area contributed by atoms with Gasteiger partial charge in [-0.15, -0.1) is 0 Å². The van der Waals surface area contributed by atoms with Gasteiger partial charge >= 0.3 is 13.8 Å². The maximum atomic E-state index is 12.1. The summed E-state index contributed by atoms with van der Waals surface area (Å²) in [6.07, 6.45) is -0.595. The zero-order valence-corrected chi connectivity index (χ0v) is 13.6. The van der Waals surface area contributed by atoms with E-state index in [-0.39, 0.29) is 5.69 Å². The molecule has 0 bridgehead atoms. The predicted molar refractivity (Wildman–Crippen MR) is 80.1 cm³/mol. The van der Waals surface area contributed by atoms with Crippen LogP contribution in [0.3, 0.4) is 0 Å². The molecule has 0 aromatic carbocycles. The van der Waals surface area contributed by atoms with E-state index < -0.39 is 55.4 Å². The van der Waals surface area contributed by atoms with Crippen LogP contribution in [0.4, 0.5) is 4.79 Å². The fourth-order valence-electron chi connectivity index (χ4n) is 2.19. The molecule has 2 rings (SSSR count). The van der Waals surface area contributed by atoms with Gasteiger partial charge in [0.1, 0.15) is 12.6 Å². The molecule has 0 spiro atoms. The molecule has 2 amide bonds. The number of amides is 2. The summed E-state index contributed by atoms with van der Waals surface area (Å²) >= 11 is 0. The van der Waals surface area contributed by atoms with Crippen LogP contribution < -0.4 is 10.7 Å². The number of ketones is 1. The fourth-order valence-corrected chi connectivity index (χ4v) is 3.56. The van der Waals surface area contributed by atoms with Crippen molar-refractivity contribution in [3.63, 3.8) is 0 Å². The van der Waals surface area contributed by atoms with Gasteiger partial charge in [0.2, 0.25) is 11.2 Å². The third-order valence-corrected chi connectivity index (χ3v) is 5.04. The van der Waals surface area contributed by atoms with E-state index in [9.17, 15) is 28.6 Å². The number of aromatic hydroxyl groups is 1. The number of aromatic nitrogens is 1. The highest BCUT2D eigenvalue weighted by molar-refractivity contribution is 7.51. The number of rotatable bonds is 6. The highest BCUT2D eigenvalue weighted by Crippen LogP contribution is 2.52. The van der Waals surface area contributed by atoms with Crippen LogP contribution in [0, 0.1) is 0 Å². The monoisotopic (exact) mass is 375 g/mol. The molecule has 1 saturated heterocycles. The van der Waals surface area contributed by atoms with Crippen LogP contribution >= 0.6 is 7.75 Å². The summed E-state index contributed by atoms with van der Waals surface area (Å²) in [6.45, 7) is 0.398. The number of hydrogen-bond donors (Lipinski definition) is 5. The first-order valence-corrected chi connectivity index (χ1v) is 8.33. The molecule has 0 aliphatic carbocycles. The van der Waals surface area contributed by atoms with Gasteiger partial charge < -0.3 is 25.4 Å². The molecule has 12 nitrogen and oxygen atoms in total. The van der Waals surface area contributed by atoms with E-state index in [0.29, 0.717) is 4.67 Å². The Kier molecular flexibility index (Phi) is 4.97. The van der Waals surface area contributed by atoms with Crippen LogP contribution in [0.25, 0.3) is 0 Å². The quantitative estimate of drug-likeness (QED) is 0.242. The predicted octanol–water partition coefficient (Wildman–Crippen LogP) is -0.753. The van der Waals surface area contributed by atoms with Gasteiger partial charge in [0, 0.05) is 12.3 Å². The van der Waals surface area contributed by atoms with Crippen LogP contribution in [-0.2, 0) is 13.9 Å². The lowest BCUT2D eigenvalue weighted by atomic mass is 10.0. The number of aromatic amines is 1. The standard InChI is InChI=1S/C12H14N3O9P/c1-5-10(14-12(20)21)11(19)15(5)25(22,23)24-4-9(18)6-2-7(16)8(17)3-13-6/h2-3,5,10,14,17H,4H2,1H3,(H,13,16)(H,20,21)(H,22,23)/t5-,10-/m0/s1. The van der Waals surface area contributed by atoms with E-state index in [4.69, 9.17) is 10.2 Å². The number of hydrogen-bond acceptors (Lipinski definition) is 7. The first-order chi connectivity index (χ1) is 11.5. The van der Waals surface area contributed by atoms with E-state index in [1.807, 2.05) is 5.32 Å². The molecule has 25 heavy (non-hydrogen) atoms. The third-order valence-electron chi connectivity index (χ3n) is 3.47. The van der Waals surface area contributed by atoms with Crippen molar-refractivity contribution in [2.75, 3.05) is 6.61 Å². The summed E-state index contributed by atoms with van der Waals surface area (Å²) in [5.41, 5.74) is -1.10. The summed E-state index contributed by atoms with van der Waals surface area (Å²) in [5.74, 6) is -2.44. The molecule has 1 aromatic rings. The zero-order chi connectivity index (χ0) is 18.9. The van der Waals surface area contributed by atoms with Gasteiger partial charge in [0.05, 0.1) is 11.7 Å². The summed E-state index contributed by atoms with van der Waals surface area (Å²) in [5, 5.41) is 19.6. The molecule has 1 aromatic heterocycles. The number of nitrogens with one attached hydrogen (secondary N) is 2. The van der Waals surface area contributed by atoms with Crippen molar-refractivity contribution < 1.29 is 38.6 Å². The second-order valence-electron chi connectivity index (χ2n) is 5.13. The maximum absolute atomic E-state index is 12.1. The Labute approximate surface area is 139 Å². The van der Waals surface area contributed by atoms with E-state index in [2.05, 4.69) is 9.51 Å². The van der Waals surface area contributed by atoms with Gasteiger partial charge in [-0.1, -0.05) is 0 Å². The number of nitrogens with zero attached hydrogens (tertiary/aromatic N) is 1. The van der Waals surface area contributed by atoms with Crippen molar-refractivity contribution in [1.29, 1.82) is 0 Å². The molecular weight excluding hydrogens is 361 g/mol. The number of H-pyrrole nitrogens is 1. The fraction of sp³-hybridized carbons (Fsp3) is 0.333. The maximum Gasteiger partial charge on any atom is 0.435 e. The van der Waals surface area contributed by atoms with Gasteiger partial charge in [-0.2, -0.15) is 0 Å². The minimum Gasteiger partial charge on any atom is -0.503 e. The Balaban J connectivity index is 2.02. The summed E-state index contributed by atoms with van der Waals surface area (Å²) in [4.78, 5) is 57.5. The molecule has 1 unspecified atom stereocenters. The van der Waals surface area contributed by atoms with Crippen LogP contribution in [0.15, 0.2) is 17.1 Å². The zero-order valence-electron chi connectivity index (χ0n) is 12.7. The van der Waals surface area contributed by atoms with Crippen LogP contribution in [0.2, 0.25) is 0 Å². The second-order valence-corrected chi connectivity index (χ2v) is 6.80. The van der Waals surface area contributed by atoms with Crippen molar-refractivity contribution in [3.05, 3.63) is 28.2 Å². The molecule has 13 heteroatoms. The average Bonchev–Trinajstić information content (AvgIpc) is 2.53. The van der Waals surface area contributed by atoms with E-state index in [1.165, 1.54) is 6.92 Å². The molecule has 3 atom stereocenters. The van der Waals surface area contributed by atoms with E-state index in [1.54, 1.807) is 0 Å². The third kappa shape index (κ3) is 3.71. The highest BCUT2D eigenvalue weighted by Gasteiger charge is 2.54. The average molecular weight is 375 g/mol. The normalized spacial score (nSPS) is 22.0. The first-order valence-electron chi connectivity index (χ1n) is 6.80. The van der Waals surface area contributed by atoms with Gasteiger partial charge in [-0.3, -0.25) is 18.9 Å². The molecule has 0 radical (unpaired) electrons. The van der Waals surface area contributed by atoms with Crippen molar-refractivity contribution in [1.82, 2.24) is 15.0 Å². The molecule has 2 heterocycles. The van der Waals surface area contributed by atoms with Crippen LogP contribution in [-0.4, -0.2) is 61.2 Å². The summed E-state index contributed by atoms with van der Waals surface area (Å²) in [7, 11) is -4.70. The SMILES string of the molecule is C[C@H]1[C@H](NC(=O)O)C(=O)N1P(=O)(O)OCC(=O)c1cc(=O)c(O)c[nH]1. The van der Waals surface area contributed by atoms with Gasteiger partial charge in [-0.25, -0.2) is 14.0 Å². The van der Waals surface area contributed by atoms with Crippen molar-refractivity contribution >= 4 is 25.5 Å². The summed E-state index contributed by atoms with van der Waals surface area (Å²) < 4.78 is 17.2. The number of β-lactam (4-membered cyclic amide) rings is 1. The molecule has 1 aliphatic rings. The number of Topliss-reactive ketones (excluding diaryl/α,β-unsaturated/α-hetero) is 1. The van der Waals surface area contributed by atoms with Crippen molar-refractivity contribution in [2.45, 2.75) is 19.0 Å². The van der Waals surface area contributed by atoms with Crippen molar-refractivity contribution in [2.24, 2.45) is 0 Å². The second kappa shape index (κ2) is 6.67. The molecule has 136 valence electrons. The number of carbonyl (C=O) groups is 3.